The van der Waals surface area contributed by atoms with Gasteiger partial charge in [0, 0.05) is 12.5 Å². The number of likely N-dealkylation sites (tertiary alicyclic amines) is 1. The summed E-state index contributed by atoms with van der Waals surface area (Å²) in [6, 6.07) is 19.4. The second-order valence-electron chi connectivity index (χ2n) is 8.21. The van der Waals surface area contributed by atoms with E-state index in [0.29, 0.717) is 5.92 Å². The number of benzene rings is 2. The molecule has 174 valence electrons. The first-order chi connectivity index (χ1) is 15.5. The minimum Gasteiger partial charge on any atom is -0.493 e. The lowest BCUT2D eigenvalue weighted by Gasteiger charge is -2.16. The smallest absolute Gasteiger partial charge is 0.414 e. The van der Waals surface area contributed by atoms with Gasteiger partial charge < -0.3 is 19.8 Å². The minimum absolute atomic E-state index is 0.689. The lowest BCUT2D eigenvalue weighted by atomic mass is 10.0. The number of unbranched alkanes of at least 4 members (excludes halogenated alkanes) is 2. The van der Waals surface area contributed by atoms with E-state index in [1.54, 1.807) is 0 Å². The fourth-order valence-electron chi connectivity index (χ4n) is 3.74. The van der Waals surface area contributed by atoms with Gasteiger partial charge in [-0.2, -0.15) is 0 Å². The summed E-state index contributed by atoms with van der Waals surface area (Å²) >= 11 is 0. The number of carboxylic acids is 2. The number of ether oxygens (including phenoxy) is 1. The van der Waals surface area contributed by atoms with Crippen LogP contribution in [0.15, 0.2) is 54.6 Å². The molecule has 0 spiro atoms. The van der Waals surface area contributed by atoms with E-state index in [4.69, 9.17) is 24.5 Å². The third kappa shape index (κ3) is 9.96. The molecule has 1 unspecified atom stereocenters. The Morgan fingerprint density at radius 3 is 2.16 bits per heavy atom. The fourth-order valence-corrected chi connectivity index (χ4v) is 3.74. The van der Waals surface area contributed by atoms with E-state index in [1.165, 1.54) is 56.4 Å². The summed E-state index contributed by atoms with van der Waals surface area (Å²) in [7, 11) is 0. The van der Waals surface area contributed by atoms with Gasteiger partial charge in [-0.1, -0.05) is 62.2 Å². The standard InChI is InChI=1S/C24H33NO.C2H2O4/c1-2-3-7-17-25-18-16-23(19-25)20-26-24-14-12-22(13-15-24)11-10-21-8-5-4-6-9-21;3-1(4)2(5)6/h4-6,8-9,12-15,23H,2-3,7,10-11,16-20H2,1H3;(H,3,4)(H,5,6). The zero-order chi connectivity index (χ0) is 23.2. The second kappa shape index (κ2) is 14.2. The third-order valence-corrected chi connectivity index (χ3v) is 5.59. The number of carbonyl (C=O) groups is 2. The predicted octanol–water partition coefficient (Wildman–Crippen LogP) is 4.52. The van der Waals surface area contributed by atoms with E-state index < -0.39 is 11.9 Å². The first kappa shape index (κ1) is 25.4. The van der Waals surface area contributed by atoms with Gasteiger partial charge in [-0.05, 0) is 62.0 Å². The molecule has 0 bridgehead atoms. The third-order valence-electron chi connectivity index (χ3n) is 5.59. The molecule has 6 nitrogen and oxygen atoms in total. The van der Waals surface area contributed by atoms with Crippen LogP contribution in [0.2, 0.25) is 0 Å². The highest BCUT2D eigenvalue weighted by atomic mass is 16.5. The van der Waals surface area contributed by atoms with Gasteiger partial charge in [0.15, 0.2) is 0 Å². The first-order valence-electron chi connectivity index (χ1n) is 11.4. The number of aliphatic carboxylic acids is 2. The maximum atomic E-state index is 9.10. The van der Waals surface area contributed by atoms with Crippen molar-refractivity contribution in [2.24, 2.45) is 5.92 Å². The van der Waals surface area contributed by atoms with Crippen LogP contribution in [0.4, 0.5) is 0 Å². The first-order valence-corrected chi connectivity index (χ1v) is 11.4. The molecular weight excluding hydrogens is 406 g/mol. The summed E-state index contributed by atoms with van der Waals surface area (Å²) in [4.78, 5) is 20.8. The molecule has 0 radical (unpaired) electrons. The zero-order valence-electron chi connectivity index (χ0n) is 18.9. The molecule has 0 aliphatic carbocycles. The number of carboxylic acid groups (broad SMARTS) is 2. The number of hydrogen-bond acceptors (Lipinski definition) is 4. The monoisotopic (exact) mass is 441 g/mol. The van der Waals surface area contributed by atoms with E-state index in [9.17, 15) is 0 Å². The highest BCUT2D eigenvalue weighted by Crippen LogP contribution is 2.20. The van der Waals surface area contributed by atoms with Gasteiger partial charge in [-0.15, -0.1) is 0 Å². The van der Waals surface area contributed by atoms with Crippen LogP contribution in [0.1, 0.15) is 43.7 Å². The molecule has 2 N–H and O–H groups in total. The van der Waals surface area contributed by atoms with Crippen molar-refractivity contribution in [3.8, 4) is 5.75 Å². The summed E-state index contributed by atoms with van der Waals surface area (Å²) < 4.78 is 6.06. The molecule has 0 amide bonds. The molecule has 1 aliphatic heterocycles. The van der Waals surface area contributed by atoms with Gasteiger partial charge in [0.2, 0.25) is 0 Å². The van der Waals surface area contributed by atoms with E-state index in [1.807, 2.05) is 0 Å². The molecule has 1 fully saturated rings. The number of aryl methyl sites for hydroxylation is 2. The maximum Gasteiger partial charge on any atom is 0.414 e. The summed E-state index contributed by atoms with van der Waals surface area (Å²) in [5, 5.41) is 14.8. The van der Waals surface area contributed by atoms with Crippen molar-refractivity contribution >= 4 is 11.9 Å². The van der Waals surface area contributed by atoms with Crippen LogP contribution in [0, 0.1) is 5.92 Å². The van der Waals surface area contributed by atoms with Crippen molar-refractivity contribution in [1.29, 1.82) is 0 Å². The van der Waals surface area contributed by atoms with E-state index >= 15 is 0 Å². The van der Waals surface area contributed by atoms with Gasteiger partial charge in [0.05, 0.1) is 6.61 Å². The number of nitrogens with zero attached hydrogens (tertiary/aromatic N) is 1. The van der Waals surface area contributed by atoms with Crippen molar-refractivity contribution < 1.29 is 24.5 Å². The van der Waals surface area contributed by atoms with Crippen molar-refractivity contribution in [2.75, 3.05) is 26.2 Å². The molecule has 0 aromatic heterocycles. The Labute approximate surface area is 190 Å². The quantitative estimate of drug-likeness (QED) is 0.416. The summed E-state index contributed by atoms with van der Waals surface area (Å²) in [5.74, 6) is -1.95. The lowest BCUT2D eigenvalue weighted by molar-refractivity contribution is -0.159. The van der Waals surface area contributed by atoms with Gasteiger partial charge in [0.1, 0.15) is 5.75 Å². The van der Waals surface area contributed by atoms with Crippen molar-refractivity contribution in [1.82, 2.24) is 4.90 Å². The molecule has 1 atom stereocenters. The summed E-state index contributed by atoms with van der Waals surface area (Å²) in [6.45, 7) is 6.84. The van der Waals surface area contributed by atoms with Gasteiger partial charge in [-0.25, -0.2) is 9.59 Å². The minimum atomic E-state index is -1.82. The summed E-state index contributed by atoms with van der Waals surface area (Å²) in [5.41, 5.74) is 2.78. The van der Waals surface area contributed by atoms with Crippen molar-refractivity contribution in [3.05, 3.63) is 65.7 Å². The average molecular weight is 442 g/mol. The Kier molecular flexibility index (Phi) is 11.3. The van der Waals surface area contributed by atoms with Crippen LogP contribution in [0.3, 0.4) is 0 Å². The van der Waals surface area contributed by atoms with E-state index in [2.05, 4.69) is 66.4 Å². The predicted molar refractivity (Wildman–Crippen MR) is 125 cm³/mol. The van der Waals surface area contributed by atoms with Gasteiger partial charge >= 0.3 is 11.9 Å². The Bertz CT molecular complexity index is 795. The molecule has 6 heteroatoms. The Morgan fingerprint density at radius 2 is 1.56 bits per heavy atom. The maximum absolute atomic E-state index is 9.10. The molecule has 2 aromatic rings. The molecule has 1 heterocycles. The normalized spacial score (nSPS) is 15.6. The Morgan fingerprint density at radius 1 is 0.938 bits per heavy atom. The van der Waals surface area contributed by atoms with Crippen LogP contribution in [-0.4, -0.2) is 53.3 Å². The number of hydrogen-bond donors (Lipinski definition) is 2. The van der Waals surface area contributed by atoms with Crippen molar-refractivity contribution in [3.63, 3.8) is 0 Å². The molecule has 0 saturated carbocycles. The van der Waals surface area contributed by atoms with Gasteiger partial charge in [0.25, 0.3) is 0 Å². The van der Waals surface area contributed by atoms with Crippen LogP contribution < -0.4 is 4.74 Å². The van der Waals surface area contributed by atoms with Crippen LogP contribution in [-0.2, 0) is 22.4 Å². The zero-order valence-corrected chi connectivity index (χ0v) is 18.9. The van der Waals surface area contributed by atoms with Gasteiger partial charge in [-0.3, -0.25) is 0 Å². The van der Waals surface area contributed by atoms with Crippen LogP contribution in [0.25, 0.3) is 0 Å². The number of rotatable bonds is 10. The van der Waals surface area contributed by atoms with Crippen molar-refractivity contribution in [2.45, 2.75) is 45.4 Å². The summed E-state index contributed by atoms with van der Waals surface area (Å²) in [6.07, 6.45) is 7.46. The average Bonchev–Trinajstić information content (AvgIpc) is 3.26. The van der Waals surface area contributed by atoms with Crippen LogP contribution in [0.5, 0.6) is 5.75 Å². The largest absolute Gasteiger partial charge is 0.493 e. The molecule has 1 aliphatic rings. The highest BCUT2D eigenvalue weighted by Gasteiger charge is 2.22. The topological polar surface area (TPSA) is 87.1 Å². The Hall–Kier alpha value is -2.86. The second-order valence-corrected chi connectivity index (χ2v) is 8.21. The lowest BCUT2D eigenvalue weighted by Crippen LogP contribution is -2.23. The molecular formula is C26H35NO5. The molecule has 2 aromatic carbocycles. The fraction of sp³-hybridized carbons (Fsp3) is 0.462. The molecule has 32 heavy (non-hydrogen) atoms. The SMILES string of the molecule is CCCCCN1CCC(COc2ccc(CCc3ccccc3)cc2)C1.O=C(O)C(=O)O. The van der Waals surface area contributed by atoms with Crippen LogP contribution >= 0.6 is 0 Å². The Balaban J connectivity index is 0.000000534. The van der Waals surface area contributed by atoms with E-state index in [0.717, 1.165) is 25.2 Å². The molecule has 3 rings (SSSR count). The highest BCUT2D eigenvalue weighted by molar-refractivity contribution is 6.27. The molecule has 1 saturated heterocycles. The van der Waals surface area contributed by atoms with E-state index in [-0.39, 0.29) is 0 Å².